The topological polar surface area (TPSA) is 86.7 Å². The third-order valence-electron chi connectivity index (χ3n) is 3.21. The molecule has 106 valence electrons. The molecule has 0 saturated carbocycles. The summed E-state index contributed by atoms with van der Waals surface area (Å²) in [6.45, 7) is 0.388. The van der Waals surface area contributed by atoms with Crippen molar-refractivity contribution in [3.8, 4) is 0 Å². The van der Waals surface area contributed by atoms with Crippen LogP contribution >= 0.6 is 0 Å². The molecule has 0 atom stereocenters. The molecule has 1 aliphatic heterocycles. The van der Waals surface area contributed by atoms with Crippen LogP contribution in [0.1, 0.15) is 28.8 Å². The Bertz CT molecular complexity index is 568. The number of hydrogen-bond acceptors (Lipinski definition) is 3. The molecule has 0 radical (unpaired) electrons. The molecule has 0 saturated heterocycles. The molecule has 20 heavy (non-hydrogen) atoms. The van der Waals surface area contributed by atoms with Crippen LogP contribution in [0.2, 0.25) is 0 Å². The zero-order valence-electron chi connectivity index (χ0n) is 11.2. The lowest BCUT2D eigenvalue weighted by Gasteiger charge is -2.17. The number of carboxylic acid groups (broad SMARTS) is 1. The van der Waals surface area contributed by atoms with Crippen molar-refractivity contribution >= 4 is 23.5 Å². The first-order chi connectivity index (χ1) is 9.47. The Kier molecular flexibility index (Phi) is 4.02. The van der Waals surface area contributed by atoms with Gasteiger partial charge in [0.25, 0.3) is 5.91 Å². The second kappa shape index (κ2) is 5.73. The molecule has 0 aromatic heterocycles. The lowest BCUT2D eigenvalue weighted by molar-refractivity contribution is -0.137. The minimum Gasteiger partial charge on any atom is -0.481 e. The molecule has 1 aliphatic rings. The van der Waals surface area contributed by atoms with Gasteiger partial charge < -0.3 is 15.3 Å². The average molecular weight is 276 g/mol. The normalized spacial score (nSPS) is 12.8. The van der Waals surface area contributed by atoms with Gasteiger partial charge in [0.1, 0.15) is 0 Å². The molecule has 0 unspecified atom stereocenters. The highest BCUT2D eigenvalue weighted by Gasteiger charge is 2.20. The first kappa shape index (κ1) is 14.0. The largest absolute Gasteiger partial charge is 0.481 e. The number of rotatable bonds is 5. The first-order valence-corrected chi connectivity index (χ1v) is 6.37. The van der Waals surface area contributed by atoms with Crippen LogP contribution in [0.5, 0.6) is 0 Å². The lowest BCUT2D eigenvalue weighted by atomic mass is 10.1. The van der Waals surface area contributed by atoms with Crippen molar-refractivity contribution in [1.82, 2.24) is 4.90 Å². The van der Waals surface area contributed by atoms with Crippen molar-refractivity contribution < 1.29 is 19.5 Å². The van der Waals surface area contributed by atoms with Gasteiger partial charge in [-0.2, -0.15) is 0 Å². The van der Waals surface area contributed by atoms with Crippen LogP contribution in [0.4, 0.5) is 5.69 Å². The lowest BCUT2D eigenvalue weighted by Crippen LogP contribution is -2.28. The maximum atomic E-state index is 12.2. The Morgan fingerprint density at radius 1 is 1.40 bits per heavy atom. The van der Waals surface area contributed by atoms with Crippen molar-refractivity contribution in [1.29, 1.82) is 0 Å². The minimum absolute atomic E-state index is 0.0419. The maximum absolute atomic E-state index is 12.2. The molecule has 1 heterocycles. The van der Waals surface area contributed by atoms with Crippen molar-refractivity contribution in [3.63, 3.8) is 0 Å². The Hall–Kier alpha value is -2.37. The van der Waals surface area contributed by atoms with Crippen LogP contribution < -0.4 is 5.32 Å². The van der Waals surface area contributed by atoms with Gasteiger partial charge in [0, 0.05) is 31.3 Å². The van der Waals surface area contributed by atoms with Crippen LogP contribution in [0.25, 0.3) is 0 Å². The molecule has 0 spiro atoms. The van der Waals surface area contributed by atoms with Gasteiger partial charge in [-0.05, 0) is 30.2 Å². The average Bonchev–Trinajstić information content (AvgIpc) is 2.76. The summed E-state index contributed by atoms with van der Waals surface area (Å²) in [6, 6.07) is 5.10. The second-order valence-electron chi connectivity index (χ2n) is 4.82. The number of carboxylic acids is 1. The van der Waals surface area contributed by atoms with Gasteiger partial charge in [-0.1, -0.05) is 0 Å². The number of anilines is 1. The van der Waals surface area contributed by atoms with E-state index in [1.807, 2.05) is 0 Å². The van der Waals surface area contributed by atoms with Crippen molar-refractivity contribution in [2.24, 2.45) is 0 Å². The highest BCUT2D eigenvalue weighted by Crippen LogP contribution is 2.24. The number of carbonyl (C=O) groups excluding carboxylic acids is 2. The Labute approximate surface area is 116 Å². The highest BCUT2D eigenvalue weighted by atomic mass is 16.4. The highest BCUT2D eigenvalue weighted by molar-refractivity contribution is 6.01. The number of nitrogens with zero attached hydrogens (tertiary/aromatic N) is 1. The molecule has 2 amide bonds. The van der Waals surface area contributed by atoms with Crippen LogP contribution in [0.15, 0.2) is 18.2 Å². The van der Waals surface area contributed by atoms with Gasteiger partial charge >= 0.3 is 5.97 Å². The molecule has 6 nitrogen and oxygen atoms in total. The predicted molar refractivity (Wildman–Crippen MR) is 72.6 cm³/mol. The zero-order valence-corrected chi connectivity index (χ0v) is 11.2. The number of benzene rings is 1. The Balaban J connectivity index is 2.01. The molecule has 1 aromatic rings. The van der Waals surface area contributed by atoms with E-state index in [1.54, 1.807) is 25.2 Å². The Morgan fingerprint density at radius 3 is 2.85 bits per heavy atom. The van der Waals surface area contributed by atoms with E-state index in [-0.39, 0.29) is 18.2 Å². The predicted octanol–water partition coefficient (Wildman–Crippen LogP) is 1.12. The van der Waals surface area contributed by atoms with E-state index in [4.69, 9.17) is 5.11 Å². The van der Waals surface area contributed by atoms with Crippen LogP contribution in [0, 0.1) is 0 Å². The van der Waals surface area contributed by atoms with Crippen molar-refractivity contribution in [2.45, 2.75) is 19.3 Å². The summed E-state index contributed by atoms with van der Waals surface area (Å²) in [5.74, 6) is -1.11. The molecular formula is C14H16N2O4. The monoisotopic (exact) mass is 276 g/mol. The second-order valence-corrected chi connectivity index (χ2v) is 4.82. The number of hydrogen-bond donors (Lipinski definition) is 2. The molecule has 6 heteroatoms. The third-order valence-corrected chi connectivity index (χ3v) is 3.21. The van der Waals surface area contributed by atoms with Gasteiger partial charge in [0.2, 0.25) is 5.91 Å². The summed E-state index contributed by atoms with van der Waals surface area (Å²) < 4.78 is 0. The number of carbonyl (C=O) groups is 3. The zero-order chi connectivity index (χ0) is 14.7. The van der Waals surface area contributed by atoms with Crippen molar-refractivity contribution in [2.75, 3.05) is 18.9 Å². The maximum Gasteiger partial charge on any atom is 0.303 e. The van der Waals surface area contributed by atoms with Gasteiger partial charge in [-0.3, -0.25) is 14.4 Å². The summed E-state index contributed by atoms with van der Waals surface area (Å²) in [5.41, 5.74) is 2.08. The quantitative estimate of drug-likeness (QED) is 0.843. The molecule has 0 fully saturated rings. The third kappa shape index (κ3) is 3.14. The fourth-order valence-corrected chi connectivity index (χ4v) is 2.15. The molecular weight excluding hydrogens is 260 g/mol. The van der Waals surface area contributed by atoms with E-state index in [9.17, 15) is 14.4 Å². The van der Waals surface area contributed by atoms with E-state index < -0.39 is 5.97 Å². The van der Waals surface area contributed by atoms with Gasteiger partial charge in [0.15, 0.2) is 0 Å². The van der Waals surface area contributed by atoms with E-state index >= 15 is 0 Å². The number of aliphatic carboxylic acids is 1. The van der Waals surface area contributed by atoms with Crippen LogP contribution in [-0.4, -0.2) is 41.4 Å². The molecule has 1 aromatic carbocycles. The standard InChI is InChI=1S/C14H16N2O4/c1-16(6-2-3-13(18)19)14(20)9-4-5-11-10(7-9)8-12(17)15-11/h4-5,7H,2-3,6,8H2,1H3,(H,15,17)(H,18,19). The molecule has 2 N–H and O–H groups in total. The smallest absolute Gasteiger partial charge is 0.303 e. The first-order valence-electron chi connectivity index (χ1n) is 6.37. The summed E-state index contributed by atoms with van der Waals surface area (Å²) in [7, 11) is 1.64. The fraction of sp³-hybridized carbons (Fsp3) is 0.357. The number of nitrogens with one attached hydrogen (secondary N) is 1. The van der Waals surface area contributed by atoms with Gasteiger partial charge in [-0.25, -0.2) is 0 Å². The fourth-order valence-electron chi connectivity index (χ4n) is 2.15. The van der Waals surface area contributed by atoms with E-state index in [0.717, 1.165) is 11.3 Å². The Morgan fingerprint density at radius 2 is 2.15 bits per heavy atom. The SMILES string of the molecule is CN(CCCC(=O)O)C(=O)c1ccc2c(c1)CC(=O)N2. The summed E-state index contributed by atoms with van der Waals surface area (Å²) in [5, 5.41) is 11.3. The van der Waals surface area contributed by atoms with Gasteiger partial charge in [-0.15, -0.1) is 0 Å². The molecule has 2 rings (SSSR count). The molecule has 0 bridgehead atoms. The van der Waals surface area contributed by atoms with Crippen LogP contribution in [0.3, 0.4) is 0 Å². The van der Waals surface area contributed by atoms with E-state index in [0.29, 0.717) is 24.9 Å². The summed E-state index contributed by atoms with van der Waals surface area (Å²) in [4.78, 5) is 35.4. The van der Waals surface area contributed by atoms with Crippen LogP contribution in [-0.2, 0) is 16.0 Å². The molecule has 0 aliphatic carbocycles. The minimum atomic E-state index is -0.868. The number of fused-ring (bicyclic) bond motifs is 1. The van der Waals surface area contributed by atoms with E-state index in [2.05, 4.69) is 5.32 Å². The summed E-state index contributed by atoms with van der Waals surface area (Å²) in [6.07, 6.45) is 0.752. The summed E-state index contributed by atoms with van der Waals surface area (Å²) >= 11 is 0. The van der Waals surface area contributed by atoms with E-state index in [1.165, 1.54) is 4.90 Å². The van der Waals surface area contributed by atoms with Crippen molar-refractivity contribution in [3.05, 3.63) is 29.3 Å². The number of amides is 2. The van der Waals surface area contributed by atoms with Gasteiger partial charge in [0.05, 0.1) is 6.42 Å².